The van der Waals surface area contributed by atoms with Gasteiger partial charge in [-0.05, 0) is 80.6 Å². The Hall–Kier alpha value is -5.16. The number of carbonyl (C=O) groups is 4. The molecule has 51 heavy (non-hydrogen) atoms. The predicted molar refractivity (Wildman–Crippen MR) is 198 cm³/mol. The molecule has 5 N–H and O–H groups in total. The van der Waals surface area contributed by atoms with E-state index in [0.717, 1.165) is 32.7 Å². The van der Waals surface area contributed by atoms with Crippen molar-refractivity contribution >= 4 is 45.5 Å². The van der Waals surface area contributed by atoms with Gasteiger partial charge >= 0.3 is 12.2 Å². The Morgan fingerprint density at radius 1 is 0.608 bits per heavy atom. The minimum Gasteiger partial charge on any atom is -0.444 e. The van der Waals surface area contributed by atoms with Crippen LogP contribution in [0, 0.1) is 0 Å². The Morgan fingerprint density at radius 3 is 1.49 bits per heavy atom. The van der Waals surface area contributed by atoms with Crippen LogP contribution >= 0.6 is 0 Å². The number of alkyl carbamates (subject to hydrolysis) is 2. The van der Waals surface area contributed by atoms with Crippen molar-refractivity contribution in [3.05, 3.63) is 96.1 Å². The van der Waals surface area contributed by atoms with Crippen molar-refractivity contribution in [1.82, 2.24) is 21.3 Å². The second-order valence-electron chi connectivity index (χ2n) is 14.6. The number of rotatable bonds is 13. The van der Waals surface area contributed by atoms with Crippen molar-refractivity contribution in [3.63, 3.8) is 0 Å². The third kappa shape index (κ3) is 12.0. The molecule has 0 fully saturated rings. The molecule has 0 saturated carbocycles. The van der Waals surface area contributed by atoms with E-state index in [-0.39, 0.29) is 25.8 Å². The Morgan fingerprint density at radius 2 is 1.04 bits per heavy atom. The first-order chi connectivity index (χ1) is 24.1. The highest BCUT2D eigenvalue weighted by atomic mass is 16.6. The van der Waals surface area contributed by atoms with Gasteiger partial charge in [-0.1, -0.05) is 84.9 Å². The standard InChI is InChI=1S/C40H50N4O7/c1-39(2,3)50-37(48)43-33(23-28-17-11-15-26-13-7-9-19-31(26)28)35(46)41-22-21-30(25-45)42-36(47)34(44-38(49)51-40(4,5)6)24-29-18-12-16-27-14-8-10-20-32(27)29/h7-20,30,33-34,45H,21-25H2,1-6H3,(H,41,46)(H,42,47)(H,43,48)(H,44,49)/t30-,33-,34-/m0/s1. The number of ether oxygens (including phenoxy) is 2. The van der Waals surface area contributed by atoms with Crippen molar-refractivity contribution in [3.8, 4) is 0 Å². The number of carbonyl (C=O) groups excluding carboxylic acids is 4. The number of hydrogen-bond acceptors (Lipinski definition) is 7. The zero-order chi connectivity index (χ0) is 37.2. The molecule has 0 aliphatic carbocycles. The van der Waals surface area contributed by atoms with Gasteiger partial charge in [0, 0.05) is 19.4 Å². The highest BCUT2D eigenvalue weighted by molar-refractivity contribution is 5.90. The van der Waals surface area contributed by atoms with Crippen LogP contribution < -0.4 is 21.3 Å². The molecule has 0 saturated heterocycles. The fourth-order valence-corrected chi connectivity index (χ4v) is 5.70. The fourth-order valence-electron chi connectivity index (χ4n) is 5.70. The largest absolute Gasteiger partial charge is 0.444 e. The molecule has 4 amide bonds. The van der Waals surface area contributed by atoms with Crippen molar-refractivity contribution in [1.29, 1.82) is 0 Å². The number of aliphatic hydroxyl groups is 1. The maximum absolute atomic E-state index is 13.7. The summed E-state index contributed by atoms with van der Waals surface area (Å²) in [6.07, 6.45) is -0.912. The monoisotopic (exact) mass is 698 g/mol. The van der Waals surface area contributed by atoms with E-state index < -0.39 is 59.9 Å². The Labute approximate surface area is 299 Å². The molecule has 4 rings (SSSR count). The van der Waals surface area contributed by atoms with E-state index in [1.807, 2.05) is 84.9 Å². The maximum Gasteiger partial charge on any atom is 0.408 e. The Kier molecular flexibility index (Phi) is 13.0. The molecule has 11 heteroatoms. The summed E-state index contributed by atoms with van der Waals surface area (Å²) in [6, 6.07) is 24.4. The predicted octanol–water partition coefficient (Wildman–Crippen LogP) is 5.55. The lowest BCUT2D eigenvalue weighted by Gasteiger charge is -2.26. The molecule has 0 aliphatic rings. The summed E-state index contributed by atoms with van der Waals surface area (Å²) < 4.78 is 10.9. The summed E-state index contributed by atoms with van der Waals surface area (Å²) in [5, 5.41) is 25.2. The van der Waals surface area contributed by atoms with Crippen LogP contribution in [0.4, 0.5) is 9.59 Å². The van der Waals surface area contributed by atoms with Crippen LogP contribution in [-0.4, -0.2) is 71.6 Å². The van der Waals surface area contributed by atoms with Gasteiger partial charge in [-0.2, -0.15) is 0 Å². The maximum atomic E-state index is 13.7. The number of benzene rings is 4. The summed E-state index contributed by atoms with van der Waals surface area (Å²) in [5.74, 6) is -0.961. The second-order valence-corrected chi connectivity index (χ2v) is 14.6. The lowest BCUT2D eigenvalue weighted by Crippen LogP contribution is -2.53. The van der Waals surface area contributed by atoms with E-state index in [0.29, 0.717) is 0 Å². The average Bonchev–Trinajstić information content (AvgIpc) is 3.05. The van der Waals surface area contributed by atoms with Crippen molar-refractivity contribution in [2.45, 2.75) is 90.1 Å². The summed E-state index contributed by atoms with van der Waals surface area (Å²) >= 11 is 0. The smallest absolute Gasteiger partial charge is 0.408 e. The minimum absolute atomic E-state index is 0.0832. The van der Waals surface area contributed by atoms with E-state index in [1.165, 1.54) is 0 Å². The molecule has 11 nitrogen and oxygen atoms in total. The van der Waals surface area contributed by atoms with Crippen LogP contribution in [-0.2, 0) is 31.9 Å². The molecule has 0 unspecified atom stereocenters. The summed E-state index contributed by atoms with van der Waals surface area (Å²) in [4.78, 5) is 52.8. The lowest BCUT2D eigenvalue weighted by molar-refractivity contribution is -0.124. The van der Waals surface area contributed by atoms with E-state index in [4.69, 9.17) is 9.47 Å². The van der Waals surface area contributed by atoms with Crippen LogP contribution in [0.5, 0.6) is 0 Å². The topological polar surface area (TPSA) is 155 Å². The van der Waals surface area contributed by atoms with Crippen LogP contribution in [0.25, 0.3) is 21.5 Å². The van der Waals surface area contributed by atoms with Gasteiger partial charge in [0.1, 0.15) is 23.3 Å². The molecule has 4 aromatic carbocycles. The van der Waals surface area contributed by atoms with Crippen LogP contribution in [0.2, 0.25) is 0 Å². The summed E-state index contributed by atoms with van der Waals surface area (Å²) in [6.45, 7) is 10.1. The van der Waals surface area contributed by atoms with Gasteiger partial charge in [0.05, 0.1) is 12.6 Å². The third-order valence-corrected chi connectivity index (χ3v) is 7.98. The highest BCUT2D eigenvalue weighted by Gasteiger charge is 2.28. The first-order valence-electron chi connectivity index (χ1n) is 17.2. The van der Waals surface area contributed by atoms with Gasteiger partial charge in [-0.25, -0.2) is 9.59 Å². The minimum atomic E-state index is -1.02. The zero-order valence-corrected chi connectivity index (χ0v) is 30.2. The molecule has 0 aliphatic heterocycles. The molecular formula is C40H50N4O7. The number of amides is 4. The Bertz CT molecular complexity index is 1820. The fraction of sp³-hybridized carbons (Fsp3) is 0.400. The normalized spacial score (nSPS) is 13.5. The molecule has 0 heterocycles. The van der Waals surface area contributed by atoms with E-state index in [2.05, 4.69) is 21.3 Å². The number of hydrogen-bond donors (Lipinski definition) is 5. The van der Waals surface area contributed by atoms with Crippen LogP contribution in [0.3, 0.4) is 0 Å². The molecule has 0 spiro atoms. The van der Waals surface area contributed by atoms with Crippen molar-refractivity contribution < 1.29 is 33.8 Å². The molecule has 272 valence electrons. The molecule has 0 aromatic heterocycles. The third-order valence-electron chi connectivity index (χ3n) is 7.98. The molecule has 3 atom stereocenters. The zero-order valence-electron chi connectivity index (χ0n) is 30.2. The van der Waals surface area contributed by atoms with Gasteiger partial charge < -0.3 is 35.8 Å². The van der Waals surface area contributed by atoms with E-state index in [1.54, 1.807) is 41.5 Å². The van der Waals surface area contributed by atoms with E-state index in [9.17, 15) is 24.3 Å². The highest BCUT2D eigenvalue weighted by Crippen LogP contribution is 2.22. The van der Waals surface area contributed by atoms with Gasteiger partial charge in [-0.15, -0.1) is 0 Å². The Balaban J connectivity index is 1.44. The van der Waals surface area contributed by atoms with E-state index >= 15 is 0 Å². The first kappa shape index (κ1) is 38.6. The first-order valence-corrected chi connectivity index (χ1v) is 17.2. The molecule has 4 aromatic rings. The quantitative estimate of drug-likeness (QED) is 0.123. The van der Waals surface area contributed by atoms with Gasteiger partial charge in [0.25, 0.3) is 0 Å². The van der Waals surface area contributed by atoms with Crippen molar-refractivity contribution in [2.24, 2.45) is 0 Å². The van der Waals surface area contributed by atoms with Gasteiger partial charge in [0.2, 0.25) is 11.8 Å². The van der Waals surface area contributed by atoms with Crippen molar-refractivity contribution in [2.75, 3.05) is 13.2 Å². The van der Waals surface area contributed by atoms with Crippen LogP contribution in [0.15, 0.2) is 84.9 Å². The number of fused-ring (bicyclic) bond motifs is 2. The number of nitrogens with one attached hydrogen (secondary N) is 4. The SMILES string of the molecule is CC(C)(C)OC(=O)N[C@@H](Cc1cccc2ccccc12)C(=O)NCC[C@@H](CO)NC(=O)[C@H](Cc1cccc2ccccc12)NC(=O)OC(C)(C)C. The van der Waals surface area contributed by atoms with Gasteiger partial charge in [0.15, 0.2) is 0 Å². The number of aliphatic hydroxyl groups excluding tert-OH is 1. The van der Waals surface area contributed by atoms with Gasteiger partial charge in [-0.3, -0.25) is 9.59 Å². The average molecular weight is 699 g/mol. The molecule has 0 bridgehead atoms. The molecular weight excluding hydrogens is 648 g/mol. The molecule has 0 radical (unpaired) electrons. The summed E-state index contributed by atoms with van der Waals surface area (Å²) in [7, 11) is 0. The van der Waals surface area contributed by atoms with Crippen LogP contribution in [0.1, 0.15) is 59.1 Å². The summed E-state index contributed by atoms with van der Waals surface area (Å²) in [5.41, 5.74) is 0.188. The second kappa shape index (κ2) is 17.2. The lowest BCUT2D eigenvalue weighted by atomic mass is 9.98.